The molecule has 4 aromatic heterocycles. The Morgan fingerprint density at radius 2 is 1.71 bits per heavy atom. The number of rotatable bonds is 1. The second-order valence-electron chi connectivity index (χ2n) is 4.75. The SMILES string of the molecule is Nc1nc2c(cnn2C(=O)n2ccnc2)nc1C(=O)n1ccnc1. The van der Waals surface area contributed by atoms with Gasteiger partial charge in [0.05, 0.1) is 6.20 Å². The summed E-state index contributed by atoms with van der Waals surface area (Å²) >= 11 is 0. The number of carbonyl (C=O) groups is 2. The van der Waals surface area contributed by atoms with Crippen LogP contribution in [0.25, 0.3) is 11.2 Å². The lowest BCUT2D eigenvalue weighted by atomic mass is 10.3. The number of nitrogens with zero attached hydrogens (tertiary/aromatic N) is 8. The van der Waals surface area contributed by atoms with Crippen LogP contribution in [0.1, 0.15) is 10.5 Å². The fourth-order valence-electron chi connectivity index (χ4n) is 2.14. The molecule has 4 heterocycles. The van der Waals surface area contributed by atoms with Crippen LogP contribution in [0.3, 0.4) is 0 Å². The smallest absolute Gasteiger partial charge is 0.356 e. The largest absolute Gasteiger partial charge is 0.382 e. The minimum absolute atomic E-state index is 0.0462. The molecule has 0 unspecified atom stereocenters. The van der Waals surface area contributed by atoms with Crippen LogP contribution in [0.4, 0.5) is 10.6 Å². The lowest BCUT2D eigenvalue weighted by Crippen LogP contribution is -2.20. The molecule has 4 rings (SSSR count). The zero-order valence-corrected chi connectivity index (χ0v) is 12.0. The van der Waals surface area contributed by atoms with Crippen LogP contribution >= 0.6 is 0 Å². The molecule has 0 aromatic carbocycles. The van der Waals surface area contributed by atoms with Gasteiger partial charge in [-0.2, -0.15) is 9.78 Å². The fraction of sp³-hybridized carbons (Fsp3) is 0. The summed E-state index contributed by atoms with van der Waals surface area (Å²) in [5, 5.41) is 3.96. The summed E-state index contributed by atoms with van der Waals surface area (Å²) in [5.41, 5.74) is 6.21. The van der Waals surface area contributed by atoms with Crippen LogP contribution in [0, 0.1) is 0 Å². The van der Waals surface area contributed by atoms with Gasteiger partial charge in [-0.05, 0) is 0 Å². The molecule has 0 saturated heterocycles. The van der Waals surface area contributed by atoms with Crippen molar-refractivity contribution < 1.29 is 9.59 Å². The molecule has 0 radical (unpaired) electrons. The Morgan fingerprint density at radius 1 is 1.00 bits per heavy atom. The van der Waals surface area contributed by atoms with Crippen molar-refractivity contribution in [3.05, 3.63) is 49.3 Å². The minimum atomic E-state index is -0.495. The molecule has 0 bridgehead atoms. The molecule has 0 saturated carbocycles. The number of aromatic nitrogens is 8. The van der Waals surface area contributed by atoms with E-state index in [0.29, 0.717) is 0 Å². The summed E-state index contributed by atoms with van der Waals surface area (Å²) in [6.45, 7) is 0. The highest BCUT2D eigenvalue weighted by Gasteiger charge is 2.20. The Kier molecular flexibility index (Phi) is 2.91. The zero-order chi connectivity index (χ0) is 16.7. The molecule has 0 amide bonds. The van der Waals surface area contributed by atoms with Crippen LogP contribution in [0.5, 0.6) is 0 Å². The molecule has 11 heteroatoms. The van der Waals surface area contributed by atoms with E-state index in [1.54, 1.807) is 0 Å². The van der Waals surface area contributed by atoms with Gasteiger partial charge in [-0.3, -0.25) is 13.9 Å². The number of nitrogens with two attached hydrogens (primary N) is 1. The first-order valence-corrected chi connectivity index (χ1v) is 6.71. The molecule has 0 atom stereocenters. The first kappa shape index (κ1) is 13.8. The molecule has 0 aliphatic rings. The van der Waals surface area contributed by atoms with Crippen molar-refractivity contribution >= 4 is 28.9 Å². The zero-order valence-electron chi connectivity index (χ0n) is 12.0. The molecule has 24 heavy (non-hydrogen) atoms. The maximum atomic E-state index is 12.3. The number of hydrogen-bond acceptors (Lipinski definition) is 8. The topological polar surface area (TPSA) is 139 Å². The molecule has 0 aliphatic carbocycles. The van der Waals surface area contributed by atoms with Gasteiger partial charge >= 0.3 is 6.03 Å². The van der Waals surface area contributed by atoms with Crippen molar-refractivity contribution in [3.63, 3.8) is 0 Å². The van der Waals surface area contributed by atoms with E-state index >= 15 is 0 Å². The lowest BCUT2D eigenvalue weighted by molar-refractivity contribution is 0.0956. The molecular formula is C13H9N9O2. The number of anilines is 1. The second-order valence-corrected chi connectivity index (χ2v) is 4.75. The van der Waals surface area contributed by atoms with Gasteiger partial charge in [0.25, 0.3) is 5.91 Å². The number of fused-ring (bicyclic) bond motifs is 1. The van der Waals surface area contributed by atoms with E-state index in [-0.39, 0.29) is 22.7 Å². The van der Waals surface area contributed by atoms with E-state index in [1.807, 2.05) is 0 Å². The quantitative estimate of drug-likeness (QED) is 0.516. The predicted molar refractivity (Wildman–Crippen MR) is 80.1 cm³/mol. The molecule has 0 fully saturated rings. The second kappa shape index (κ2) is 5.08. The van der Waals surface area contributed by atoms with E-state index in [1.165, 1.54) is 52.8 Å². The third-order valence-electron chi connectivity index (χ3n) is 3.27. The number of nitrogen functional groups attached to an aromatic ring is 1. The average Bonchev–Trinajstić information content (AvgIpc) is 3.32. The molecule has 2 N–H and O–H groups in total. The predicted octanol–water partition coefficient (Wildman–Crippen LogP) is 0.00640. The van der Waals surface area contributed by atoms with Crippen LogP contribution in [-0.2, 0) is 0 Å². The summed E-state index contributed by atoms with van der Waals surface area (Å²) in [7, 11) is 0. The summed E-state index contributed by atoms with van der Waals surface area (Å²) in [6, 6.07) is -0.495. The summed E-state index contributed by atoms with van der Waals surface area (Å²) in [4.78, 5) is 40.5. The lowest BCUT2D eigenvalue weighted by Gasteiger charge is -2.05. The van der Waals surface area contributed by atoms with Crippen molar-refractivity contribution in [1.29, 1.82) is 0 Å². The van der Waals surface area contributed by atoms with Gasteiger partial charge < -0.3 is 5.73 Å². The first-order valence-electron chi connectivity index (χ1n) is 6.71. The van der Waals surface area contributed by atoms with Gasteiger partial charge in [0.2, 0.25) is 0 Å². The van der Waals surface area contributed by atoms with E-state index < -0.39 is 11.9 Å². The van der Waals surface area contributed by atoms with Crippen molar-refractivity contribution in [2.45, 2.75) is 0 Å². The van der Waals surface area contributed by atoms with E-state index in [4.69, 9.17) is 5.73 Å². The van der Waals surface area contributed by atoms with Gasteiger partial charge in [-0.15, -0.1) is 0 Å². The monoisotopic (exact) mass is 323 g/mol. The summed E-state index contributed by atoms with van der Waals surface area (Å²) < 4.78 is 3.49. The number of hydrogen-bond donors (Lipinski definition) is 1. The first-order chi connectivity index (χ1) is 11.6. The third kappa shape index (κ3) is 2.03. The minimum Gasteiger partial charge on any atom is -0.382 e. The maximum Gasteiger partial charge on any atom is 0.356 e. The molecule has 0 spiro atoms. The summed E-state index contributed by atoms with van der Waals surface area (Å²) in [6.07, 6.45) is 9.88. The van der Waals surface area contributed by atoms with Gasteiger partial charge in [0.15, 0.2) is 17.2 Å². The molecule has 4 aromatic rings. The van der Waals surface area contributed by atoms with Crippen LogP contribution in [-0.4, -0.2) is 50.8 Å². The third-order valence-corrected chi connectivity index (χ3v) is 3.27. The van der Waals surface area contributed by atoms with Gasteiger partial charge in [-0.25, -0.2) is 24.7 Å². The highest BCUT2D eigenvalue weighted by Crippen LogP contribution is 2.16. The Bertz CT molecular complexity index is 1050. The van der Waals surface area contributed by atoms with Crippen LogP contribution in [0.15, 0.2) is 43.6 Å². The van der Waals surface area contributed by atoms with Gasteiger partial charge in [0, 0.05) is 24.8 Å². The van der Waals surface area contributed by atoms with Crippen molar-refractivity contribution in [3.8, 4) is 0 Å². The Morgan fingerprint density at radius 3 is 2.38 bits per heavy atom. The normalized spacial score (nSPS) is 11.0. The summed E-state index contributed by atoms with van der Waals surface area (Å²) in [5.74, 6) is -0.588. The van der Waals surface area contributed by atoms with E-state index in [9.17, 15) is 9.59 Å². The fourth-order valence-corrected chi connectivity index (χ4v) is 2.14. The molecule has 0 aliphatic heterocycles. The molecule has 11 nitrogen and oxygen atoms in total. The van der Waals surface area contributed by atoms with Gasteiger partial charge in [0.1, 0.15) is 18.2 Å². The standard InChI is InChI=1S/C13H9N9O2/c14-10-9(12(23)20-3-1-15-6-20)18-8-5-17-22(11(8)19-10)13(24)21-4-2-16-7-21/h1-7H,(H2,14,19). The maximum absolute atomic E-state index is 12.3. The van der Waals surface area contributed by atoms with E-state index in [2.05, 4.69) is 25.0 Å². The van der Waals surface area contributed by atoms with Gasteiger partial charge in [-0.1, -0.05) is 0 Å². The Labute approximate surface area is 133 Å². The highest BCUT2D eigenvalue weighted by molar-refractivity contribution is 6.00. The van der Waals surface area contributed by atoms with Crippen molar-refractivity contribution in [2.75, 3.05) is 5.73 Å². The van der Waals surface area contributed by atoms with Crippen LogP contribution in [0.2, 0.25) is 0 Å². The Balaban J connectivity index is 1.81. The average molecular weight is 323 g/mol. The van der Waals surface area contributed by atoms with Crippen molar-refractivity contribution in [1.82, 2.24) is 38.9 Å². The number of carbonyl (C=O) groups excluding carboxylic acids is 2. The van der Waals surface area contributed by atoms with E-state index in [0.717, 1.165) is 4.68 Å². The van der Waals surface area contributed by atoms with Crippen molar-refractivity contribution in [2.24, 2.45) is 0 Å². The van der Waals surface area contributed by atoms with Crippen LogP contribution < -0.4 is 5.73 Å². The highest BCUT2D eigenvalue weighted by atomic mass is 16.2. The molecule has 118 valence electrons. The Hall–Kier alpha value is -3.89. The number of imidazole rings is 2. The molecular weight excluding hydrogens is 314 g/mol.